The Morgan fingerprint density at radius 3 is 2.94 bits per heavy atom. The fraction of sp³-hybridized carbons (Fsp3) is 0.733. The van der Waals surface area contributed by atoms with Crippen molar-refractivity contribution >= 4 is 11.3 Å². The van der Waals surface area contributed by atoms with Crippen LogP contribution in [0.5, 0.6) is 0 Å². The molecule has 2 fully saturated rings. The van der Waals surface area contributed by atoms with Gasteiger partial charge < -0.3 is 5.32 Å². The second-order valence-corrected chi connectivity index (χ2v) is 6.75. The van der Waals surface area contributed by atoms with E-state index in [0.29, 0.717) is 0 Å². The Bertz CT molecular complexity index is 343. The Hall–Kier alpha value is -0.380. The SMILES string of the molecule is c1csc(CN2CCNCC2C2CCCCC2)c1. The zero-order valence-corrected chi connectivity index (χ0v) is 11.9. The Morgan fingerprint density at radius 2 is 2.17 bits per heavy atom. The number of hydrogen-bond donors (Lipinski definition) is 1. The van der Waals surface area contributed by atoms with Crippen LogP contribution < -0.4 is 5.32 Å². The first kappa shape index (κ1) is 12.6. The highest BCUT2D eigenvalue weighted by Crippen LogP contribution is 2.30. The van der Waals surface area contributed by atoms with Gasteiger partial charge in [-0.15, -0.1) is 11.3 Å². The summed E-state index contributed by atoms with van der Waals surface area (Å²) in [6, 6.07) is 5.24. The summed E-state index contributed by atoms with van der Waals surface area (Å²) in [6.45, 7) is 4.75. The molecule has 3 heteroatoms. The number of nitrogens with zero attached hydrogens (tertiary/aromatic N) is 1. The molecule has 1 aliphatic heterocycles. The van der Waals surface area contributed by atoms with Crippen molar-refractivity contribution in [2.75, 3.05) is 19.6 Å². The first-order valence-electron chi connectivity index (χ1n) is 7.40. The smallest absolute Gasteiger partial charge is 0.0332 e. The van der Waals surface area contributed by atoms with Crippen molar-refractivity contribution in [3.8, 4) is 0 Å². The van der Waals surface area contributed by atoms with Gasteiger partial charge in [0, 0.05) is 37.1 Å². The summed E-state index contributed by atoms with van der Waals surface area (Å²) in [5.74, 6) is 0.937. The zero-order chi connectivity index (χ0) is 12.2. The number of hydrogen-bond acceptors (Lipinski definition) is 3. The Labute approximate surface area is 114 Å². The van der Waals surface area contributed by atoms with E-state index in [4.69, 9.17) is 0 Å². The van der Waals surface area contributed by atoms with Gasteiger partial charge in [0.05, 0.1) is 0 Å². The van der Waals surface area contributed by atoms with Crippen LogP contribution in [0.25, 0.3) is 0 Å². The lowest BCUT2D eigenvalue weighted by Crippen LogP contribution is -2.54. The van der Waals surface area contributed by atoms with E-state index in [1.807, 2.05) is 11.3 Å². The van der Waals surface area contributed by atoms with Crippen molar-refractivity contribution in [3.63, 3.8) is 0 Å². The normalized spacial score (nSPS) is 27.4. The quantitative estimate of drug-likeness (QED) is 0.902. The van der Waals surface area contributed by atoms with E-state index >= 15 is 0 Å². The summed E-state index contributed by atoms with van der Waals surface area (Å²) in [5, 5.41) is 5.80. The van der Waals surface area contributed by atoms with Gasteiger partial charge in [-0.25, -0.2) is 0 Å². The molecular weight excluding hydrogens is 240 g/mol. The molecule has 1 saturated heterocycles. The van der Waals surface area contributed by atoms with Gasteiger partial charge in [-0.3, -0.25) is 4.90 Å². The predicted molar refractivity (Wildman–Crippen MR) is 78.0 cm³/mol. The van der Waals surface area contributed by atoms with Crippen LogP contribution in [0.3, 0.4) is 0 Å². The average Bonchev–Trinajstić information content (AvgIpc) is 2.93. The third-order valence-electron chi connectivity index (χ3n) is 4.53. The predicted octanol–water partition coefficient (Wildman–Crippen LogP) is 3.10. The van der Waals surface area contributed by atoms with Crippen LogP contribution in [0.2, 0.25) is 0 Å². The van der Waals surface area contributed by atoms with Gasteiger partial charge in [0.2, 0.25) is 0 Å². The van der Waals surface area contributed by atoms with Crippen molar-refractivity contribution in [2.45, 2.75) is 44.7 Å². The molecule has 2 aliphatic rings. The van der Waals surface area contributed by atoms with Crippen LogP contribution in [-0.4, -0.2) is 30.6 Å². The molecule has 0 spiro atoms. The van der Waals surface area contributed by atoms with Crippen LogP contribution in [0.15, 0.2) is 17.5 Å². The van der Waals surface area contributed by atoms with Crippen molar-refractivity contribution in [1.29, 1.82) is 0 Å². The fourth-order valence-corrected chi connectivity index (χ4v) is 4.28. The van der Waals surface area contributed by atoms with Crippen molar-refractivity contribution in [2.24, 2.45) is 5.92 Å². The number of piperazine rings is 1. The van der Waals surface area contributed by atoms with Crippen molar-refractivity contribution < 1.29 is 0 Å². The fourth-order valence-electron chi connectivity index (χ4n) is 3.55. The molecule has 2 heterocycles. The third-order valence-corrected chi connectivity index (χ3v) is 5.39. The topological polar surface area (TPSA) is 15.3 Å². The van der Waals surface area contributed by atoms with Gasteiger partial charge in [-0.1, -0.05) is 25.3 Å². The maximum Gasteiger partial charge on any atom is 0.0332 e. The van der Waals surface area contributed by atoms with Gasteiger partial charge in [-0.05, 0) is 30.2 Å². The molecule has 1 saturated carbocycles. The van der Waals surface area contributed by atoms with Crippen molar-refractivity contribution in [3.05, 3.63) is 22.4 Å². The number of rotatable bonds is 3. The lowest BCUT2D eigenvalue weighted by molar-refractivity contribution is 0.0869. The van der Waals surface area contributed by atoms with Gasteiger partial charge >= 0.3 is 0 Å². The molecule has 18 heavy (non-hydrogen) atoms. The highest BCUT2D eigenvalue weighted by atomic mass is 32.1. The van der Waals surface area contributed by atoms with E-state index in [-0.39, 0.29) is 0 Å². The molecule has 2 nitrogen and oxygen atoms in total. The standard InChI is InChI=1S/C15H24N2S/c1-2-5-13(6-3-1)15-11-16-8-9-17(15)12-14-7-4-10-18-14/h4,7,10,13,15-16H,1-3,5-6,8-9,11-12H2. The second kappa shape index (κ2) is 6.18. The zero-order valence-electron chi connectivity index (χ0n) is 11.1. The second-order valence-electron chi connectivity index (χ2n) is 5.72. The monoisotopic (exact) mass is 264 g/mol. The van der Waals surface area contributed by atoms with E-state index < -0.39 is 0 Å². The van der Waals surface area contributed by atoms with Gasteiger partial charge in [0.1, 0.15) is 0 Å². The van der Waals surface area contributed by atoms with Crippen LogP contribution in [0.1, 0.15) is 37.0 Å². The van der Waals surface area contributed by atoms with E-state index in [1.165, 1.54) is 56.6 Å². The van der Waals surface area contributed by atoms with Gasteiger partial charge in [-0.2, -0.15) is 0 Å². The molecule has 0 aromatic carbocycles. The Morgan fingerprint density at radius 1 is 1.28 bits per heavy atom. The van der Waals surface area contributed by atoms with Gasteiger partial charge in [0.15, 0.2) is 0 Å². The molecule has 3 rings (SSSR count). The average molecular weight is 264 g/mol. The summed E-state index contributed by atoms with van der Waals surface area (Å²) in [6.07, 6.45) is 7.27. The molecule has 1 aromatic rings. The molecule has 100 valence electrons. The minimum absolute atomic E-state index is 0.779. The van der Waals surface area contributed by atoms with E-state index in [0.717, 1.165) is 18.5 Å². The molecule has 1 atom stereocenters. The largest absolute Gasteiger partial charge is 0.314 e. The highest BCUT2D eigenvalue weighted by molar-refractivity contribution is 7.09. The molecule has 0 bridgehead atoms. The van der Waals surface area contributed by atoms with Crippen molar-refractivity contribution in [1.82, 2.24) is 10.2 Å². The summed E-state index contributed by atoms with van der Waals surface area (Å²) in [7, 11) is 0. The van der Waals surface area contributed by atoms with Crippen LogP contribution in [0.4, 0.5) is 0 Å². The molecule has 1 N–H and O–H groups in total. The maximum atomic E-state index is 3.60. The van der Waals surface area contributed by atoms with Crippen LogP contribution in [-0.2, 0) is 6.54 Å². The molecule has 1 unspecified atom stereocenters. The number of thiophene rings is 1. The number of nitrogens with one attached hydrogen (secondary N) is 1. The maximum absolute atomic E-state index is 3.60. The molecule has 0 amide bonds. The summed E-state index contributed by atoms with van der Waals surface area (Å²) in [4.78, 5) is 4.26. The highest BCUT2D eigenvalue weighted by Gasteiger charge is 2.30. The summed E-state index contributed by atoms with van der Waals surface area (Å²) >= 11 is 1.90. The first-order valence-corrected chi connectivity index (χ1v) is 8.28. The van der Waals surface area contributed by atoms with Crippen LogP contribution in [0, 0.1) is 5.92 Å². The van der Waals surface area contributed by atoms with Crippen LogP contribution >= 0.6 is 11.3 Å². The molecule has 1 aromatic heterocycles. The minimum Gasteiger partial charge on any atom is -0.314 e. The van der Waals surface area contributed by atoms with E-state index in [1.54, 1.807) is 0 Å². The third kappa shape index (κ3) is 2.95. The Kier molecular flexibility index (Phi) is 4.34. The van der Waals surface area contributed by atoms with E-state index in [9.17, 15) is 0 Å². The Balaban J connectivity index is 1.65. The molecular formula is C15H24N2S. The summed E-state index contributed by atoms with van der Waals surface area (Å²) in [5.41, 5.74) is 0. The minimum atomic E-state index is 0.779. The van der Waals surface area contributed by atoms with Gasteiger partial charge in [0.25, 0.3) is 0 Å². The van der Waals surface area contributed by atoms with E-state index in [2.05, 4.69) is 27.7 Å². The first-order chi connectivity index (χ1) is 8.93. The lowest BCUT2D eigenvalue weighted by atomic mass is 9.82. The summed E-state index contributed by atoms with van der Waals surface area (Å²) < 4.78 is 0. The lowest BCUT2D eigenvalue weighted by Gasteiger charge is -2.42. The molecule has 1 aliphatic carbocycles. The molecule has 0 radical (unpaired) electrons.